The Morgan fingerprint density at radius 1 is 1.40 bits per heavy atom. The van der Waals surface area contributed by atoms with Gasteiger partial charge in [0.2, 0.25) is 11.7 Å². The zero-order valence-corrected chi connectivity index (χ0v) is 12.4. The predicted octanol–water partition coefficient (Wildman–Crippen LogP) is 2.42. The van der Waals surface area contributed by atoms with Gasteiger partial charge in [-0.25, -0.2) is 0 Å². The van der Waals surface area contributed by atoms with Crippen molar-refractivity contribution in [3.05, 3.63) is 29.7 Å². The van der Waals surface area contributed by atoms with Gasteiger partial charge in [0.25, 0.3) is 0 Å². The molecule has 0 bridgehead atoms. The van der Waals surface area contributed by atoms with Crippen molar-refractivity contribution >= 4 is 12.4 Å². The molecule has 1 aliphatic rings. The van der Waals surface area contributed by atoms with Crippen molar-refractivity contribution in [3.63, 3.8) is 0 Å². The Morgan fingerprint density at radius 3 is 3.05 bits per heavy atom. The Labute approximate surface area is 124 Å². The largest absolute Gasteiger partial charge is 0.493 e. The first kappa shape index (κ1) is 14.8. The number of hydrogen-bond acceptors (Lipinski definition) is 5. The van der Waals surface area contributed by atoms with Gasteiger partial charge in [-0.15, -0.1) is 12.4 Å². The fourth-order valence-corrected chi connectivity index (χ4v) is 2.27. The number of benzene rings is 1. The first-order chi connectivity index (χ1) is 9.28. The van der Waals surface area contributed by atoms with E-state index in [1.54, 1.807) is 0 Å². The summed E-state index contributed by atoms with van der Waals surface area (Å²) in [5, 5.41) is 7.17. The number of ether oxygens (including phenoxy) is 1. The lowest BCUT2D eigenvalue weighted by Crippen LogP contribution is -2.14. The van der Waals surface area contributed by atoms with Crippen molar-refractivity contribution in [3.8, 4) is 17.1 Å². The predicted molar refractivity (Wildman–Crippen MR) is 78.5 cm³/mol. The second-order valence-electron chi connectivity index (χ2n) is 4.84. The number of nitrogens with one attached hydrogen (secondary N) is 1. The van der Waals surface area contributed by atoms with Crippen LogP contribution in [0, 0.1) is 0 Å². The van der Waals surface area contributed by atoms with Gasteiger partial charge in [0.15, 0.2) is 0 Å². The summed E-state index contributed by atoms with van der Waals surface area (Å²) in [4.78, 5) is 4.47. The first-order valence-corrected chi connectivity index (χ1v) is 6.52. The van der Waals surface area contributed by atoms with E-state index in [2.05, 4.69) is 28.4 Å². The van der Waals surface area contributed by atoms with E-state index in [1.807, 2.05) is 19.2 Å². The third-order valence-corrected chi connectivity index (χ3v) is 3.32. The average molecular weight is 296 g/mol. The van der Waals surface area contributed by atoms with E-state index in [4.69, 9.17) is 9.26 Å². The van der Waals surface area contributed by atoms with Crippen LogP contribution in [0.3, 0.4) is 0 Å². The number of halogens is 1. The highest BCUT2D eigenvalue weighted by molar-refractivity contribution is 5.85. The molecule has 3 rings (SSSR count). The van der Waals surface area contributed by atoms with E-state index >= 15 is 0 Å². The van der Waals surface area contributed by atoms with E-state index in [0.29, 0.717) is 11.7 Å². The van der Waals surface area contributed by atoms with Crippen molar-refractivity contribution in [2.45, 2.75) is 19.3 Å². The fourth-order valence-electron chi connectivity index (χ4n) is 2.27. The van der Waals surface area contributed by atoms with Gasteiger partial charge >= 0.3 is 0 Å². The molecule has 0 fully saturated rings. The fraction of sp³-hybridized carbons (Fsp3) is 0.429. The van der Waals surface area contributed by atoms with Crippen molar-refractivity contribution in [2.75, 3.05) is 20.2 Å². The standard InChI is InChI=1S/C14H17N3O2.ClH/c1-9(8-15-2)14-16-13(17-19-14)11-3-4-12-10(7-11)5-6-18-12;/h3-4,7,9,15H,5-6,8H2,1-2H3;1H. The quantitative estimate of drug-likeness (QED) is 0.938. The lowest BCUT2D eigenvalue weighted by atomic mass is 10.1. The monoisotopic (exact) mass is 295 g/mol. The van der Waals surface area contributed by atoms with Gasteiger partial charge in [0.1, 0.15) is 5.75 Å². The Morgan fingerprint density at radius 2 is 2.25 bits per heavy atom. The van der Waals surface area contributed by atoms with Gasteiger partial charge < -0.3 is 14.6 Å². The van der Waals surface area contributed by atoms with Gasteiger partial charge in [-0.05, 0) is 30.8 Å². The highest BCUT2D eigenvalue weighted by Gasteiger charge is 2.17. The molecule has 2 aromatic rings. The molecule has 0 radical (unpaired) electrons. The summed E-state index contributed by atoms with van der Waals surface area (Å²) in [5.41, 5.74) is 2.20. The number of aromatic nitrogens is 2. The number of hydrogen-bond donors (Lipinski definition) is 1. The normalized spacial score (nSPS) is 14.3. The highest BCUT2D eigenvalue weighted by Crippen LogP contribution is 2.29. The van der Waals surface area contributed by atoms with E-state index in [0.717, 1.165) is 30.9 Å². The van der Waals surface area contributed by atoms with Gasteiger partial charge in [0, 0.05) is 24.4 Å². The zero-order valence-electron chi connectivity index (χ0n) is 11.5. The molecule has 1 unspecified atom stereocenters. The molecule has 0 saturated carbocycles. The number of nitrogens with zero attached hydrogens (tertiary/aromatic N) is 2. The van der Waals surface area contributed by atoms with Crippen LogP contribution in [-0.4, -0.2) is 30.3 Å². The maximum absolute atomic E-state index is 5.49. The Kier molecular flexibility index (Phi) is 4.62. The van der Waals surface area contributed by atoms with Crippen LogP contribution in [0.1, 0.15) is 24.3 Å². The highest BCUT2D eigenvalue weighted by atomic mass is 35.5. The van der Waals surface area contributed by atoms with Gasteiger partial charge in [0.05, 0.1) is 6.61 Å². The number of rotatable bonds is 4. The average Bonchev–Trinajstić information content (AvgIpc) is 3.07. The van der Waals surface area contributed by atoms with Crippen molar-refractivity contribution in [2.24, 2.45) is 0 Å². The maximum Gasteiger partial charge on any atom is 0.231 e. The van der Waals surface area contributed by atoms with Crippen LogP contribution in [0.2, 0.25) is 0 Å². The van der Waals surface area contributed by atoms with E-state index in [9.17, 15) is 0 Å². The first-order valence-electron chi connectivity index (χ1n) is 6.52. The zero-order chi connectivity index (χ0) is 13.2. The van der Waals surface area contributed by atoms with Crippen LogP contribution in [-0.2, 0) is 6.42 Å². The van der Waals surface area contributed by atoms with E-state index < -0.39 is 0 Å². The Balaban J connectivity index is 0.00000147. The summed E-state index contributed by atoms with van der Waals surface area (Å²) >= 11 is 0. The summed E-state index contributed by atoms with van der Waals surface area (Å²) in [6.07, 6.45) is 0.948. The lowest BCUT2D eigenvalue weighted by molar-refractivity contribution is 0.356. The third kappa shape index (κ3) is 2.78. The summed E-state index contributed by atoms with van der Waals surface area (Å²) < 4.78 is 10.8. The molecule has 20 heavy (non-hydrogen) atoms. The molecule has 6 heteroatoms. The SMILES string of the molecule is CNCC(C)c1nc(-c2ccc3c(c2)CCO3)no1.Cl. The molecule has 1 aromatic heterocycles. The Bertz CT molecular complexity index is 586. The molecule has 1 aromatic carbocycles. The summed E-state index contributed by atoms with van der Waals surface area (Å²) in [5.74, 6) is 2.49. The van der Waals surface area contributed by atoms with E-state index in [-0.39, 0.29) is 18.3 Å². The molecule has 0 aliphatic carbocycles. The third-order valence-electron chi connectivity index (χ3n) is 3.32. The molecular formula is C14H18ClN3O2. The molecule has 0 spiro atoms. The molecule has 1 aliphatic heterocycles. The van der Waals surface area contributed by atoms with Crippen LogP contribution in [0.5, 0.6) is 5.75 Å². The maximum atomic E-state index is 5.49. The second-order valence-corrected chi connectivity index (χ2v) is 4.84. The lowest BCUT2D eigenvalue weighted by Gasteiger charge is -2.03. The second kappa shape index (κ2) is 6.24. The smallest absolute Gasteiger partial charge is 0.231 e. The van der Waals surface area contributed by atoms with Crippen LogP contribution < -0.4 is 10.1 Å². The molecule has 0 saturated heterocycles. The summed E-state index contributed by atoms with van der Waals surface area (Å²) in [7, 11) is 1.91. The van der Waals surface area contributed by atoms with Gasteiger partial charge in [-0.2, -0.15) is 4.98 Å². The minimum atomic E-state index is 0. The van der Waals surface area contributed by atoms with Crippen LogP contribution in [0.25, 0.3) is 11.4 Å². The van der Waals surface area contributed by atoms with Crippen LogP contribution in [0.15, 0.2) is 22.7 Å². The Hall–Kier alpha value is -1.59. The number of likely N-dealkylation sites (N-methyl/N-ethyl adjacent to an activating group) is 1. The van der Waals surface area contributed by atoms with E-state index in [1.165, 1.54) is 5.56 Å². The van der Waals surface area contributed by atoms with Crippen LogP contribution in [0.4, 0.5) is 0 Å². The molecule has 5 nitrogen and oxygen atoms in total. The molecule has 108 valence electrons. The minimum absolute atomic E-state index is 0. The molecule has 2 heterocycles. The summed E-state index contributed by atoms with van der Waals surface area (Å²) in [6.45, 7) is 3.64. The van der Waals surface area contributed by atoms with Crippen LogP contribution >= 0.6 is 12.4 Å². The minimum Gasteiger partial charge on any atom is -0.493 e. The van der Waals surface area contributed by atoms with Crippen molar-refractivity contribution in [1.29, 1.82) is 0 Å². The van der Waals surface area contributed by atoms with Crippen molar-refractivity contribution < 1.29 is 9.26 Å². The molecule has 0 amide bonds. The topological polar surface area (TPSA) is 60.2 Å². The molecular weight excluding hydrogens is 278 g/mol. The molecule has 1 atom stereocenters. The van der Waals surface area contributed by atoms with Gasteiger partial charge in [-0.3, -0.25) is 0 Å². The number of fused-ring (bicyclic) bond motifs is 1. The van der Waals surface area contributed by atoms with Gasteiger partial charge in [-0.1, -0.05) is 12.1 Å². The summed E-state index contributed by atoms with van der Waals surface area (Å²) in [6, 6.07) is 6.03. The molecule has 1 N–H and O–H groups in total. The van der Waals surface area contributed by atoms with Crippen molar-refractivity contribution in [1.82, 2.24) is 15.5 Å².